The van der Waals surface area contributed by atoms with E-state index < -0.39 is 5.41 Å². The van der Waals surface area contributed by atoms with Gasteiger partial charge >= 0.3 is 0 Å². The highest BCUT2D eigenvalue weighted by Gasteiger charge is 2.47. The standard InChI is InChI=1S/C53H35NS/c1-4-14-36(15-5-1)37-24-28-41(29-25-37)54(43-31-33-51-48(35-43)45-21-11-13-23-50(45)55-51)42-30-26-38-27-32-46-44-20-10-12-22-49(44)53(52(46)47(38)34-42,39-16-6-2-7-17-39)40-18-8-3-9-19-40/h1-35H. The number of hydrogen-bond donors (Lipinski definition) is 0. The lowest BCUT2D eigenvalue weighted by atomic mass is 9.66. The fraction of sp³-hybridized carbons (Fsp3) is 0.0189. The Hall–Kier alpha value is -6.74. The van der Waals surface area contributed by atoms with Gasteiger partial charge in [-0.1, -0.05) is 164 Å². The molecular weight excluding hydrogens is 683 g/mol. The van der Waals surface area contributed by atoms with Gasteiger partial charge in [-0.15, -0.1) is 11.3 Å². The largest absolute Gasteiger partial charge is 0.310 e. The summed E-state index contributed by atoms with van der Waals surface area (Å²) >= 11 is 1.86. The first kappa shape index (κ1) is 31.8. The lowest BCUT2D eigenvalue weighted by Crippen LogP contribution is -2.28. The summed E-state index contributed by atoms with van der Waals surface area (Å²) in [6.45, 7) is 0. The summed E-state index contributed by atoms with van der Waals surface area (Å²) in [4.78, 5) is 2.44. The van der Waals surface area contributed by atoms with Gasteiger partial charge in [0.25, 0.3) is 0 Å². The molecule has 2 heteroatoms. The maximum Gasteiger partial charge on any atom is 0.0719 e. The van der Waals surface area contributed by atoms with Crippen LogP contribution < -0.4 is 4.90 Å². The van der Waals surface area contributed by atoms with Crippen LogP contribution in [0.2, 0.25) is 0 Å². The smallest absolute Gasteiger partial charge is 0.0719 e. The van der Waals surface area contributed by atoms with E-state index >= 15 is 0 Å². The highest BCUT2D eigenvalue weighted by molar-refractivity contribution is 7.25. The van der Waals surface area contributed by atoms with E-state index in [2.05, 4.69) is 217 Å². The Labute approximate surface area is 325 Å². The Balaban J connectivity index is 1.18. The van der Waals surface area contributed by atoms with Gasteiger partial charge in [-0.05, 0) is 104 Å². The fourth-order valence-corrected chi connectivity index (χ4v) is 10.2. The van der Waals surface area contributed by atoms with E-state index in [-0.39, 0.29) is 0 Å². The molecule has 0 saturated heterocycles. The molecule has 0 atom stereocenters. The van der Waals surface area contributed by atoms with Crippen molar-refractivity contribution in [3.8, 4) is 22.3 Å². The van der Waals surface area contributed by atoms with Crippen molar-refractivity contribution in [3.63, 3.8) is 0 Å². The molecule has 55 heavy (non-hydrogen) atoms. The predicted octanol–water partition coefficient (Wildman–Crippen LogP) is 14.7. The number of rotatable bonds is 6. The van der Waals surface area contributed by atoms with Gasteiger partial charge in [0.2, 0.25) is 0 Å². The van der Waals surface area contributed by atoms with Crippen molar-refractivity contribution in [2.24, 2.45) is 0 Å². The van der Waals surface area contributed by atoms with Crippen molar-refractivity contribution in [2.45, 2.75) is 5.41 Å². The van der Waals surface area contributed by atoms with Crippen LogP contribution in [0.1, 0.15) is 22.3 Å². The molecule has 1 aliphatic carbocycles. The van der Waals surface area contributed by atoms with Crippen LogP contribution in [0, 0.1) is 0 Å². The Kier molecular flexibility index (Phi) is 7.33. The van der Waals surface area contributed by atoms with Crippen molar-refractivity contribution in [1.82, 2.24) is 0 Å². The molecule has 10 aromatic rings. The van der Waals surface area contributed by atoms with Crippen LogP contribution in [-0.2, 0) is 5.41 Å². The molecule has 0 N–H and O–H groups in total. The summed E-state index contributed by atoms with van der Waals surface area (Å²) in [5.74, 6) is 0. The molecule has 0 radical (unpaired) electrons. The topological polar surface area (TPSA) is 3.24 Å². The second kappa shape index (κ2) is 12.7. The molecule has 0 bridgehead atoms. The molecule has 1 heterocycles. The quantitative estimate of drug-likeness (QED) is 0.166. The van der Waals surface area contributed by atoms with Gasteiger partial charge in [0.1, 0.15) is 0 Å². The summed E-state index contributed by atoms with van der Waals surface area (Å²) in [6.07, 6.45) is 0. The average molecular weight is 718 g/mol. The zero-order valence-electron chi connectivity index (χ0n) is 30.1. The Bertz CT molecular complexity index is 2980. The van der Waals surface area contributed by atoms with E-state index in [1.807, 2.05) is 11.3 Å². The number of benzene rings is 9. The molecule has 0 unspecified atom stereocenters. The maximum absolute atomic E-state index is 2.45. The summed E-state index contributed by atoms with van der Waals surface area (Å²) in [5, 5.41) is 5.07. The van der Waals surface area contributed by atoms with Crippen molar-refractivity contribution in [2.75, 3.05) is 4.90 Å². The number of fused-ring (bicyclic) bond motifs is 8. The summed E-state index contributed by atoms with van der Waals surface area (Å²) in [6, 6.07) is 78.4. The first-order valence-electron chi connectivity index (χ1n) is 18.9. The highest BCUT2D eigenvalue weighted by atomic mass is 32.1. The van der Waals surface area contributed by atoms with Crippen LogP contribution in [0.25, 0.3) is 53.2 Å². The fourth-order valence-electron chi connectivity index (χ4n) is 9.13. The highest BCUT2D eigenvalue weighted by Crippen LogP contribution is 2.58. The van der Waals surface area contributed by atoms with Crippen LogP contribution in [0.4, 0.5) is 17.1 Å². The van der Waals surface area contributed by atoms with Crippen molar-refractivity contribution < 1.29 is 0 Å². The zero-order chi connectivity index (χ0) is 36.3. The minimum Gasteiger partial charge on any atom is -0.310 e. The monoisotopic (exact) mass is 717 g/mol. The lowest BCUT2D eigenvalue weighted by molar-refractivity contribution is 0.775. The van der Waals surface area contributed by atoms with Gasteiger partial charge in [0.15, 0.2) is 0 Å². The number of hydrogen-bond acceptors (Lipinski definition) is 2. The molecule has 0 aliphatic heterocycles. The van der Waals surface area contributed by atoms with E-state index in [0.717, 1.165) is 17.1 Å². The van der Waals surface area contributed by atoms with Gasteiger partial charge in [0.05, 0.1) is 5.41 Å². The molecule has 1 nitrogen and oxygen atoms in total. The number of nitrogens with zero attached hydrogens (tertiary/aromatic N) is 1. The molecule has 9 aromatic carbocycles. The Morgan fingerprint density at radius 2 is 0.909 bits per heavy atom. The molecular formula is C53H35NS. The molecule has 11 rings (SSSR count). The molecule has 0 amide bonds. The van der Waals surface area contributed by atoms with Gasteiger partial charge < -0.3 is 4.90 Å². The number of thiophene rings is 1. The number of anilines is 3. The molecule has 258 valence electrons. The third-order valence-electron chi connectivity index (χ3n) is 11.5. The lowest BCUT2D eigenvalue weighted by Gasteiger charge is -2.35. The average Bonchev–Trinajstić information content (AvgIpc) is 3.79. The van der Waals surface area contributed by atoms with Gasteiger partial charge in [-0.3, -0.25) is 0 Å². The van der Waals surface area contributed by atoms with Crippen LogP contribution >= 0.6 is 11.3 Å². The van der Waals surface area contributed by atoms with E-state index in [1.54, 1.807) is 0 Å². The molecule has 0 spiro atoms. The normalized spacial score (nSPS) is 12.9. The zero-order valence-corrected chi connectivity index (χ0v) is 30.9. The van der Waals surface area contributed by atoms with Gasteiger partial charge in [-0.2, -0.15) is 0 Å². The van der Waals surface area contributed by atoms with Crippen molar-refractivity contribution >= 4 is 59.3 Å². The SMILES string of the molecule is c1ccc(-c2ccc(N(c3ccc4ccc5c(c4c3)C(c3ccccc3)(c3ccccc3)c3ccccc3-5)c3ccc4sc5ccccc5c4c3)cc2)cc1. The summed E-state index contributed by atoms with van der Waals surface area (Å²) in [5.41, 5.74) is 13.1. The summed E-state index contributed by atoms with van der Waals surface area (Å²) in [7, 11) is 0. The third-order valence-corrected chi connectivity index (χ3v) is 12.7. The van der Waals surface area contributed by atoms with Crippen LogP contribution in [0.3, 0.4) is 0 Å². The Morgan fingerprint density at radius 1 is 0.364 bits per heavy atom. The van der Waals surface area contributed by atoms with Crippen LogP contribution in [-0.4, -0.2) is 0 Å². The third kappa shape index (κ3) is 4.92. The van der Waals surface area contributed by atoms with Crippen molar-refractivity contribution in [1.29, 1.82) is 0 Å². The van der Waals surface area contributed by atoms with Gasteiger partial charge in [0, 0.05) is 37.2 Å². The van der Waals surface area contributed by atoms with Crippen LogP contribution in [0.5, 0.6) is 0 Å². The molecule has 1 aromatic heterocycles. The predicted molar refractivity (Wildman–Crippen MR) is 234 cm³/mol. The van der Waals surface area contributed by atoms with E-state index in [9.17, 15) is 0 Å². The second-order valence-corrected chi connectivity index (χ2v) is 15.5. The van der Waals surface area contributed by atoms with E-state index in [4.69, 9.17) is 0 Å². The Morgan fingerprint density at radius 3 is 1.65 bits per heavy atom. The molecule has 1 aliphatic rings. The van der Waals surface area contributed by atoms with E-state index in [1.165, 1.54) is 75.5 Å². The first-order valence-corrected chi connectivity index (χ1v) is 19.7. The first-order chi connectivity index (χ1) is 27.3. The van der Waals surface area contributed by atoms with Crippen molar-refractivity contribution in [3.05, 3.63) is 235 Å². The van der Waals surface area contributed by atoms with Crippen LogP contribution in [0.15, 0.2) is 212 Å². The summed E-state index contributed by atoms with van der Waals surface area (Å²) < 4.78 is 2.61. The van der Waals surface area contributed by atoms with E-state index in [0.29, 0.717) is 0 Å². The molecule has 0 fully saturated rings. The van der Waals surface area contributed by atoms with Gasteiger partial charge in [-0.25, -0.2) is 0 Å². The molecule has 0 saturated carbocycles. The maximum atomic E-state index is 2.45. The minimum atomic E-state index is -0.497. The second-order valence-electron chi connectivity index (χ2n) is 14.4. The minimum absolute atomic E-state index is 0.497.